The quantitative estimate of drug-likeness (QED) is 0.508. The van der Waals surface area contributed by atoms with Gasteiger partial charge in [-0.1, -0.05) is 17.7 Å². The molecular formula is C18H15ClN4O4. The van der Waals surface area contributed by atoms with Crippen molar-refractivity contribution in [1.82, 2.24) is 9.78 Å². The average Bonchev–Trinajstić information content (AvgIpc) is 3.14. The van der Waals surface area contributed by atoms with E-state index < -0.39 is 10.8 Å². The lowest BCUT2D eigenvalue weighted by Gasteiger charge is -2.11. The molecule has 1 heterocycles. The van der Waals surface area contributed by atoms with Gasteiger partial charge < -0.3 is 10.1 Å². The van der Waals surface area contributed by atoms with Gasteiger partial charge >= 0.3 is 0 Å². The maximum Gasteiger partial charge on any atom is 0.276 e. The first-order valence-corrected chi connectivity index (χ1v) is 8.40. The molecule has 0 radical (unpaired) electrons. The Bertz CT molecular complexity index is 1000. The number of hydrogen-bond acceptors (Lipinski definition) is 5. The minimum atomic E-state index is -0.491. The maximum atomic E-state index is 12.5. The molecule has 0 aliphatic carbocycles. The molecule has 0 saturated carbocycles. The van der Waals surface area contributed by atoms with E-state index in [4.69, 9.17) is 16.3 Å². The van der Waals surface area contributed by atoms with Gasteiger partial charge in [0, 0.05) is 23.4 Å². The van der Waals surface area contributed by atoms with Crippen LogP contribution >= 0.6 is 11.6 Å². The Balaban J connectivity index is 1.83. The summed E-state index contributed by atoms with van der Waals surface area (Å²) in [5.74, 6) is 0.0377. The average molecular weight is 387 g/mol. The summed E-state index contributed by atoms with van der Waals surface area (Å²) in [5, 5.41) is 18.3. The number of nitro groups is 1. The fraction of sp³-hybridized carbons (Fsp3) is 0.111. The van der Waals surface area contributed by atoms with Crippen LogP contribution in [0.4, 0.5) is 11.4 Å². The highest BCUT2D eigenvalue weighted by Crippen LogP contribution is 2.28. The van der Waals surface area contributed by atoms with Crippen LogP contribution in [0.2, 0.25) is 5.02 Å². The first-order valence-electron chi connectivity index (χ1n) is 8.02. The van der Waals surface area contributed by atoms with Crippen LogP contribution in [0.3, 0.4) is 0 Å². The van der Waals surface area contributed by atoms with E-state index in [-0.39, 0.29) is 11.4 Å². The highest BCUT2D eigenvalue weighted by atomic mass is 35.5. The lowest BCUT2D eigenvalue weighted by atomic mass is 10.2. The minimum Gasteiger partial charge on any atom is -0.492 e. The monoisotopic (exact) mass is 386 g/mol. The van der Waals surface area contributed by atoms with Gasteiger partial charge in [-0.15, -0.1) is 0 Å². The molecule has 0 bridgehead atoms. The highest BCUT2D eigenvalue weighted by Gasteiger charge is 2.15. The maximum absolute atomic E-state index is 12.5. The molecule has 0 fully saturated rings. The zero-order chi connectivity index (χ0) is 19.4. The summed E-state index contributed by atoms with van der Waals surface area (Å²) < 4.78 is 6.87. The molecule has 1 N–H and O–H groups in total. The van der Waals surface area contributed by atoms with Crippen molar-refractivity contribution in [1.29, 1.82) is 0 Å². The van der Waals surface area contributed by atoms with Crippen LogP contribution in [0.15, 0.2) is 54.7 Å². The number of benzene rings is 2. The van der Waals surface area contributed by atoms with Crippen LogP contribution in [0.5, 0.6) is 5.75 Å². The van der Waals surface area contributed by atoms with Crippen LogP contribution < -0.4 is 10.1 Å². The molecule has 0 atom stereocenters. The van der Waals surface area contributed by atoms with Crippen molar-refractivity contribution < 1.29 is 14.5 Å². The van der Waals surface area contributed by atoms with E-state index in [9.17, 15) is 14.9 Å². The normalized spacial score (nSPS) is 10.4. The van der Waals surface area contributed by atoms with E-state index in [1.54, 1.807) is 36.5 Å². The van der Waals surface area contributed by atoms with Crippen LogP contribution in [-0.2, 0) is 0 Å². The first kappa shape index (κ1) is 18.4. The van der Waals surface area contributed by atoms with Crippen molar-refractivity contribution in [3.05, 3.63) is 75.6 Å². The van der Waals surface area contributed by atoms with Gasteiger partial charge in [0.1, 0.15) is 5.75 Å². The molecule has 2 aromatic carbocycles. The second-order valence-electron chi connectivity index (χ2n) is 5.45. The summed E-state index contributed by atoms with van der Waals surface area (Å²) >= 11 is 5.99. The van der Waals surface area contributed by atoms with Crippen molar-refractivity contribution in [2.75, 3.05) is 11.9 Å². The molecule has 3 aromatic rings. The number of hydrogen-bond donors (Lipinski definition) is 1. The fourth-order valence-electron chi connectivity index (χ4n) is 2.41. The summed E-state index contributed by atoms with van der Waals surface area (Å²) in [5.41, 5.74) is 0.985. The number of ether oxygens (including phenoxy) is 1. The van der Waals surface area contributed by atoms with Gasteiger partial charge in [0.25, 0.3) is 11.6 Å². The van der Waals surface area contributed by atoms with Crippen LogP contribution in [-0.4, -0.2) is 27.2 Å². The molecule has 27 heavy (non-hydrogen) atoms. The lowest BCUT2D eigenvalue weighted by Crippen LogP contribution is -2.14. The molecule has 1 amide bonds. The van der Waals surface area contributed by atoms with E-state index in [0.717, 1.165) is 0 Å². The summed E-state index contributed by atoms with van der Waals surface area (Å²) in [6, 6.07) is 12.4. The number of nitrogens with zero attached hydrogens (tertiary/aromatic N) is 3. The summed E-state index contributed by atoms with van der Waals surface area (Å²) in [4.78, 5) is 22.9. The van der Waals surface area contributed by atoms with Gasteiger partial charge in [0.05, 0.1) is 22.9 Å². The minimum absolute atomic E-state index is 0.0608. The number of anilines is 1. The van der Waals surface area contributed by atoms with Crippen molar-refractivity contribution in [3.63, 3.8) is 0 Å². The zero-order valence-electron chi connectivity index (χ0n) is 14.3. The molecular weight excluding hydrogens is 372 g/mol. The predicted molar refractivity (Wildman–Crippen MR) is 101 cm³/mol. The van der Waals surface area contributed by atoms with Crippen LogP contribution in [0.25, 0.3) is 5.69 Å². The molecule has 1 aromatic heterocycles. The highest BCUT2D eigenvalue weighted by molar-refractivity contribution is 6.31. The number of non-ortho nitro benzene ring substituents is 1. The number of halogens is 1. The SMILES string of the molecule is CCOc1ccc(Cl)cc1NC(=O)c1ccn(-c2cccc([N+](=O)[O-])c2)n1. The smallest absolute Gasteiger partial charge is 0.276 e. The van der Waals surface area contributed by atoms with E-state index >= 15 is 0 Å². The molecule has 9 heteroatoms. The molecule has 3 rings (SSSR count). The summed E-state index contributed by atoms with van der Waals surface area (Å²) in [6.07, 6.45) is 1.55. The molecule has 0 aliphatic rings. The van der Waals surface area contributed by atoms with E-state index in [0.29, 0.717) is 28.8 Å². The van der Waals surface area contributed by atoms with Gasteiger partial charge in [-0.3, -0.25) is 14.9 Å². The lowest BCUT2D eigenvalue weighted by molar-refractivity contribution is -0.384. The topological polar surface area (TPSA) is 99.3 Å². The number of carbonyl (C=O) groups excluding carboxylic acids is 1. The molecule has 0 spiro atoms. The third-order valence-corrected chi connectivity index (χ3v) is 3.85. The predicted octanol–water partition coefficient (Wildman–Crippen LogP) is 4.08. The standard InChI is InChI=1S/C18H15ClN4O4/c1-2-27-17-7-6-12(19)10-16(17)20-18(24)15-8-9-22(21-15)13-4-3-5-14(11-13)23(25)26/h3-11H,2H2,1H3,(H,20,24). The molecule has 138 valence electrons. The third kappa shape index (κ3) is 4.24. The van der Waals surface area contributed by atoms with Gasteiger partial charge in [-0.05, 0) is 37.3 Å². The van der Waals surface area contributed by atoms with Crippen molar-refractivity contribution in [3.8, 4) is 11.4 Å². The summed E-state index contributed by atoms with van der Waals surface area (Å²) in [6.45, 7) is 2.27. The second-order valence-corrected chi connectivity index (χ2v) is 5.89. The number of carbonyl (C=O) groups is 1. The van der Waals surface area contributed by atoms with Gasteiger partial charge in [-0.25, -0.2) is 4.68 Å². The number of nitro benzene ring substituents is 1. The fourth-order valence-corrected chi connectivity index (χ4v) is 2.58. The largest absolute Gasteiger partial charge is 0.492 e. The van der Waals surface area contributed by atoms with E-state index in [1.165, 1.54) is 22.9 Å². The van der Waals surface area contributed by atoms with E-state index in [2.05, 4.69) is 10.4 Å². The number of nitrogens with one attached hydrogen (secondary N) is 1. The van der Waals surface area contributed by atoms with Gasteiger partial charge in [0.2, 0.25) is 0 Å². The zero-order valence-corrected chi connectivity index (χ0v) is 15.0. The molecule has 0 aliphatic heterocycles. The van der Waals surface area contributed by atoms with E-state index in [1.807, 2.05) is 6.92 Å². The Morgan fingerprint density at radius 2 is 2.11 bits per heavy atom. The van der Waals surface area contributed by atoms with Crippen molar-refractivity contribution in [2.45, 2.75) is 6.92 Å². The number of aromatic nitrogens is 2. The van der Waals surface area contributed by atoms with Gasteiger partial charge in [0.15, 0.2) is 5.69 Å². The Morgan fingerprint density at radius 3 is 2.85 bits per heavy atom. The number of rotatable bonds is 6. The van der Waals surface area contributed by atoms with Gasteiger partial charge in [-0.2, -0.15) is 5.10 Å². The van der Waals surface area contributed by atoms with Crippen LogP contribution in [0.1, 0.15) is 17.4 Å². The summed E-state index contributed by atoms with van der Waals surface area (Å²) in [7, 11) is 0. The molecule has 0 unspecified atom stereocenters. The molecule has 0 saturated heterocycles. The Labute approximate surface area is 159 Å². The van der Waals surface area contributed by atoms with Crippen molar-refractivity contribution in [2.24, 2.45) is 0 Å². The van der Waals surface area contributed by atoms with Crippen LogP contribution in [0, 0.1) is 10.1 Å². The molecule has 8 nitrogen and oxygen atoms in total. The Hall–Kier alpha value is -3.39. The van der Waals surface area contributed by atoms with Crippen molar-refractivity contribution >= 4 is 28.9 Å². The first-order chi connectivity index (χ1) is 13.0. The number of amides is 1. The second kappa shape index (κ2) is 7.88. The Kier molecular flexibility index (Phi) is 5.37. The third-order valence-electron chi connectivity index (χ3n) is 3.62. The Morgan fingerprint density at radius 1 is 1.30 bits per heavy atom.